The molecule has 0 saturated carbocycles. The molecule has 0 radical (unpaired) electrons. The molecule has 2 aromatic rings. The maximum Gasteiger partial charge on any atom is 0.134 e. The van der Waals surface area contributed by atoms with E-state index in [2.05, 4.69) is 25.1 Å². The lowest BCUT2D eigenvalue weighted by Gasteiger charge is -2.07. The normalized spacial score (nSPS) is 12.6. The monoisotopic (exact) mass is 244 g/mol. The number of rotatable bonds is 5. The Morgan fingerprint density at radius 2 is 1.89 bits per heavy atom. The number of benzene rings is 1. The third-order valence-corrected chi connectivity index (χ3v) is 3.14. The van der Waals surface area contributed by atoms with Crippen molar-refractivity contribution in [1.82, 2.24) is 0 Å². The van der Waals surface area contributed by atoms with Crippen LogP contribution in [0.25, 0.3) is 11.3 Å². The van der Waals surface area contributed by atoms with E-state index in [1.807, 2.05) is 25.1 Å². The SMILES string of the molecule is CCCc1ccccc1-c1ccc(C(O)CC)o1. The summed E-state index contributed by atoms with van der Waals surface area (Å²) in [6.45, 7) is 4.11. The molecule has 2 rings (SSSR count). The van der Waals surface area contributed by atoms with Gasteiger partial charge in [0.2, 0.25) is 0 Å². The zero-order chi connectivity index (χ0) is 13.0. The van der Waals surface area contributed by atoms with Crippen molar-refractivity contribution in [1.29, 1.82) is 0 Å². The Balaban J connectivity index is 2.33. The molecule has 1 aromatic heterocycles. The van der Waals surface area contributed by atoms with Gasteiger partial charge in [0.15, 0.2) is 0 Å². The van der Waals surface area contributed by atoms with E-state index in [-0.39, 0.29) is 0 Å². The molecular weight excluding hydrogens is 224 g/mol. The van der Waals surface area contributed by atoms with Gasteiger partial charge in [0, 0.05) is 5.56 Å². The van der Waals surface area contributed by atoms with E-state index in [0.717, 1.165) is 24.2 Å². The molecule has 0 aliphatic rings. The van der Waals surface area contributed by atoms with Gasteiger partial charge in [0.05, 0.1) is 0 Å². The van der Waals surface area contributed by atoms with Gasteiger partial charge in [0.1, 0.15) is 17.6 Å². The van der Waals surface area contributed by atoms with Gasteiger partial charge in [-0.3, -0.25) is 0 Å². The minimum atomic E-state index is -0.503. The molecule has 96 valence electrons. The standard InChI is InChI=1S/C16H20O2/c1-3-7-12-8-5-6-9-13(12)15-10-11-16(18-15)14(17)4-2/h5-6,8-11,14,17H,3-4,7H2,1-2H3. The zero-order valence-electron chi connectivity index (χ0n) is 11.0. The molecule has 1 unspecified atom stereocenters. The van der Waals surface area contributed by atoms with Gasteiger partial charge in [-0.25, -0.2) is 0 Å². The van der Waals surface area contributed by atoms with Gasteiger partial charge in [-0.2, -0.15) is 0 Å². The second-order valence-electron chi connectivity index (χ2n) is 4.53. The molecule has 0 saturated heterocycles. The average Bonchev–Trinajstić information content (AvgIpc) is 2.88. The van der Waals surface area contributed by atoms with Crippen LogP contribution in [0.15, 0.2) is 40.8 Å². The Morgan fingerprint density at radius 3 is 2.61 bits per heavy atom. The highest BCUT2D eigenvalue weighted by Gasteiger charge is 2.12. The number of furan rings is 1. The van der Waals surface area contributed by atoms with Gasteiger partial charge in [-0.15, -0.1) is 0 Å². The van der Waals surface area contributed by atoms with Crippen molar-refractivity contribution in [2.24, 2.45) is 0 Å². The molecule has 0 amide bonds. The number of aliphatic hydroxyl groups is 1. The first-order chi connectivity index (χ1) is 8.76. The lowest BCUT2D eigenvalue weighted by Crippen LogP contribution is -1.91. The topological polar surface area (TPSA) is 33.4 Å². The van der Waals surface area contributed by atoms with Gasteiger partial charge in [0.25, 0.3) is 0 Å². The first kappa shape index (κ1) is 12.9. The van der Waals surface area contributed by atoms with Crippen LogP contribution in [0.4, 0.5) is 0 Å². The van der Waals surface area contributed by atoms with E-state index in [4.69, 9.17) is 4.42 Å². The molecule has 0 aliphatic carbocycles. The first-order valence-electron chi connectivity index (χ1n) is 6.62. The van der Waals surface area contributed by atoms with Crippen LogP contribution in [0.1, 0.15) is 44.1 Å². The van der Waals surface area contributed by atoms with Crippen LogP contribution in [0.2, 0.25) is 0 Å². The maximum absolute atomic E-state index is 9.77. The van der Waals surface area contributed by atoms with Gasteiger partial charge in [-0.05, 0) is 30.5 Å². The summed E-state index contributed by atoms with van der Waals surface area (Å²) in [7, 11) is 0. The van der Waals surface area contributed by atoms with E-state index >= 15 is 0 Å². The van der Waals surface area contributed by atoms with Crippen molar-refractivity contribution >= 4 is 0 Å². The van der Waals surface area contributed by atoms with Crippen molar-refractivity contribution < 1.29 is 9.52 Å². The van der Waals surface area contributed by atoms with E-state index in [0.29, 0.717) is 12.2 Å². The lowest BCUT2D eigenvalue weighted by atomic mass is 10.0. The van der Waals surface area contributed by atoms with Crippen molar-refractivity contribution in [2.45, 2.75) is 39.2 Å². The summed E-state index contributed by atoms with van der Waals surface area (Å²) in [5.41, 5.74) is 2.43. The number of aryl methyl sites for hydroxylation is 1. The Kier molecular flexibility index (Phi) is 4.21. The summed E-state index contributed by atoms with van der Waals surface area (Å²) < 4.78 is 5.76. The second-order valence-corrected chi connectivity index (χ2v) is 4.53. The molecule has 0 bridgehead atoms. The van der Waals surface area contributed by atoms with Gasteiger partial charge >= 0.3 is 0 Å². The molecule has 1 heterocycles. The molecule has 1 aromatic carbocycles. The van der Waals surface area contributed by atoms with Crippen LogP contribution in [0, 0.1) is 0 Å². The first-order valence-corrected chi connectivity index (χ1v) is 6.62. The Labute approximate surface area is 108 Å². The highest BCUT2D eigenvalue weighted by Crippen LogP contribution is 2.29. The van der Waals surface area contributed by atoms with E-state index in [1.54, 1.807) is 0 Å². The van der Waals surface area contributed by atoms with Crippen LogP contribution in [0.3, 0.4) is 0 Å². The van der Waals surface area contributed by atoms with Crippen molar-refractivity contribution in [3.63, 3.8) is 0 Å². The molecule has 2 heteroatoms. The van der Waals surface area contributed by atoms with Crippen molar-refractivity contribution in [3.05, 3.63) is 47.7 Å². The molecule has 1 N–H and O–H groups in total. The fourth-order valence-corrected chi connectivity index (χ4v) is 2.13. The van der Waals surface area contributed by atoms with Crippen molar-refractivity contribution in [2.75, 3.05) is 0 Å². The van der Waals surface area contributed by atoms with Crippen LogP contribution in [0.5, 0.6) is 0 Å². The van der Waals surface area contributed by atoms with Gasteiger partial charge in [-0.1, -0.05) is 44.5 Å². The van der Waals surface area contributed by atoms with Gasteiger partial charge < -0.3 is 9.52 Å². The quantitative estimate of drug-likeness (QED) is 0.848. The molecule has 1 atom stereocenters. The Hall–Kier alpha value is -1.54. The predicted molar refractivity (Wildman–Crippen MR) is 73.4 cm³/mol. The number of hydrogen-bond acceptors (Lipinski definition) is 2. The molecule has 0 aliphatic heterocycles. The van der Waals surface area contributed by atoms with Crippen molar-refractivity contribution in [3.8, 4) is 11.3 Å². The fourth-order valence-electron chi connectivity index (χ4n) is 2.13. The third-order valence-electron chi connectivity index (χ3n) is 3.14. The molecule has 0 fully saturated rings. The summed E-state index contributed by atoms with van der Waals surface area (Å²) in [6, 6.07) is 12.1. The lowest BCUT2D eigenvalue weighted by molar-refractivity contribution is 0.147. The summed E-state index contributed by atoms with van der Waals surface area (Å²) >= 11 is 0. The minimum Gasteiger partial charge on any atom is -0.458 e. The largest absolute Gasteiger partial charge is 0.458 e. The zero-order valence-corrected chi connectivity index (χ0v) is 11.0. The summed E-state index contributed by atoms with van der Waals surface area (Å²) in [5.74, 6) is 1.50. The fraction of sp³-hybridized carbons (Fsp3) is 0.375. The minimum absolute atomic E-state index is 0.503. The highest BCUT2D eigenvalue weighted by atomic mass is 16.4. The van der Waals surface area contributed by atoms with E-state index in [1.165, 1.54) is 5.56 Å². The number of hydrogen-bond donors (Lipinski definition) is 1. The second kappa shape index (κ2) is 5.87. The van der Waals surface area contributed by atoms with Crippen LogP contribution >= 0.6 is 0 Å². The Morgan fingerprint density at radius 1 is 1.11 bits per heavy atom. The van der Waals surface area contributed by atoms with Crippen LogP contribution < -0.4 is 0 Å². The summed E-state index contributed by atoms with van der Waals surface area (Å²) in [4.78, 5) is 0. The third kappa shape index (κ3) is 2.65. The number of aliphatic hydroxyl groups excluding tert-OH is 1. The molecule has 0 spiro atoms. The smallest absolute Gasteiger partial charge is 0.134 e. The molecule has 18 heavy (non-hydrogen) atoms. The summed E-state index contributed by atoms with van der Waals surface area (Å²) in [6.07, 6.45) is 2.32. The van der Waals surface area contributed by atoms with E-state index < -0.39 is 6.10 Å². The maximum atomic E-state index is 9.77. The van der Waals surface area contributed by atoms with Crippen LogP contribution in [-0.2, 0) is 6.42 Å². The van der Waals surface area contributed by atoms with Crippen LogP contribution in [-0.4, -0.2) is 5.11 Å². The Bertz CT molecular complexity index is 499. The predicted octanol–water partition coefficient (Wildman–Crippen LogP) is 4.34. The summed E-state index contributed by atoms with van der Waals surface area (Å²) in [5, 5.41) is 9.77. The molecule has 2 nitrogen and oxygen atoms in total. The molecular formula is C16H20O2. The average molecular weight is 244 g/mol. The highest BCUT2D eigenvalue weighted by molar-refractivity contribution is 5.62. The van der Waals surface area contributed by atoms with E-state index in [9.17, 15) is 5.11 Å².